The molecule has 0 aliphatic heterocycles. The summed E-state index contributed by atoms with van der Waals surface area (Å²) in [7, 11) is 0. The van der Waals surface area contributed by atoms with Crippen molar-refractivity contribution < 1.29 is 61.5 Å². The van der Waals surface area contributed by atoms with Gasteiger partial charge in [-0.05, 0) is 18.2 Å². The van der Waals surface area contributed by atoms with E-state index in [0.717, 1.165) is 30.3 Å². The number of nitriles is 5. The van der Waals surface area contributed by atoms with Gasteiger partial charge >= 0.3 is 12.4 Å². The van der Waals surface area contributed by atoms with Gasteiger partial charge in [-0.1, -0.05) is 0 Å². The predicted molar refractivity (Wildman–Crippen MR) is 136 cm³/mol. The van der Waals surface area contributed by atoms with E-state index in [1.807, 2.05) is 0 Å². The normalized spacial score (nSPS) is 14.5. The number of rotatable bonds is 3. The number of halogens is 14. The molecule has 4 rings (SSSR count). The summed E-state index contributed by atoms with van der Waals surface area (Å²) in [6, 6.07) is 8.94. The van der Waals surface area contributed by atoms with E-state index in [-0.39, 0.29) is 5.56 Å². The fourth-order valence-corrected chi connectivity index (χ4v) is 4.78. The lowest BCUT2D eigenvalue weighted by Gasteiger charge is -2.14. The van der Waals surface area contributed by atoms with E-state index in [4.69, 9.17) is 0 Å². The Morgan fingerprint density at radius 1 is 0.460 bits per heavy atom. The second-order valence-corrected chi connectivity index (χ2v) is 9.58. The van der Waals surface area contributed by atoms with Crippen LogP contribution in [0.2, 0.25) is 0 Å². The molecule has 1 aliphatic carbocycles. The summed E-state index contributed by atoms with van der Waals surface area (Å²) in [5.41, 5.74) is -20.9. The minimum atomic E-state index is -6.09. The highest BCUT2D eigenvalue weighted by Crippen LogP contribution is 2.57. The third-order valence-corrected chi connectivity index (χ3v) is 6.91. The van der Waals surface area contributed by atoms with Gasteiger partial charge in [0, 0.05) is 22.3 Å². The first-order chi connectivity index (χ1) is 23.2. The maximum absolute atomic E-state index is 15.1. The monoisotopic (exact) mass is 711 g/mol. The van der Waals surface area contributed by atoms with Crippen LogP contribution in [-0.4, -0.2) is 0 Å². The Hall–Kier alpha value is -6.65. The minimum Gasteiger partial charge on any atom is -0.203 e. The smallest absolute Gasteiger partial charge is 0.203 e. The highest BCUT2D eigenvalue weighted by molar-refractivity contribution is 6.12. The largest absolute Gasteiger partial charge is 0.422 e. The predicted octanol–water partition coefficient (Wildman–Crippen LogP) is 8.83. The van der Waals surface area contributed by atoms with E-state index in [0.29, 0.717) is 0 Å². The molecule has 1 fully saturated rings. The lowest BCUT2D eigenvalue weighted by atomic mass is 9.96. The topological polar surface area (TPSA) is 119 Å². The van der Waals surface area contributed by atoms with Gasteiger partial charge in [0.2, 0.25) is 0 Å². The van der Waals surface area contributed by atoms with Crippen LogP contribution in [0.1, 0.15) is 38.9 Å². The van der Waals surface area contributed by atoms with E-state index < -0.39 is 126 Å². The van der Waals surface area contributed by atoms with Crippen LogP contribution < -0.4 is 0 Å². The second-order valence-electron chi connectivity index (χ2n) is 9.58. The summed E-state index contributed by atoms with van der Waals surface area (Å²) >= 11 is 0. The van der Waals surface area contributed by atoms with Crippen molar-refractivity contribution in [2.75, 3.05) is 0 Å². The average molecular weight is 711 g/mol. The minimum absolute atomic E-state index is 0.349. The third-order valence-electron chi connectivity index (χ3n) is 6.91. The summed E-state index contributed by atoms with van der Waals surface area (Å²) in [5, 5.41) is 48.5. The Morgan fingerprint density at radius 3 is 1.08 bits per heavy atom. The molecule has 0 atom stereocenters. The van der Waals surface area contributed by atoms with Gasteiger partial charge in [0.1, 0.15) is 29.3 Å². The molecular weight excluding hydrogens is 708 g/mol. The third kappa shape index (κ3) is 5.53. The molecular formula is C31H3F14N5. The van der Waals surface area contributed by atoms with E-state index in [1.165, 1.54) is 12.1 Å². The molecule has 3 aromatic rings. The maximum atomic E-state index is 15.1. The van der Waals surface area contributed by atoms with E-state index in [2.05, 4.69) is 0 Å². The first-order valence-electron chi connectivity index (χ1n) is 12.5. The van der Waals surface area contributed by atoms with Gasteiger partial charge in [-0.2, -0.15) is 52.7 Å². The molecule has 5 nitrogen and oxygen atoms in total. The van der Waals surface area contributed by atoms with E-state index in [9.17, 15) is 70.2 Å². The quantitative estimate of drug-likeness (QED) is 0.153. The molecule has 19 heteroatoms. The Labute approximate surface area is 267 Å². The first kappa shape index (κ1) is 36.2. The van der Waals surface area contributed by atoms with Crippen LogP contribution in [0.15, 0.2) is 34.9 Å². The number of hydrogen-bond acceptors (Lipinski definition) is 5. The highest BCUT2D eigenvalue weighted by Gasteiger charge is 2.48. The number of benzene rings is 3. The Bertz CT molecular complexity index is 2200. The fourth-order valence-electron chi connectivity index (χ4n) is 4.78. The number of hydrogen-bond donors (Lipinski definition) is 0. The van der Waals surface area contributed by atoms with Crippen molar-refractivity contribution in [2.24, 2.45) is 0 Å². The lowest BCUT2D eigenvalue weighted by molar-refractivity contribution is -0.144. The molecule has 0 N–H and O–H groups in total. The van der Waals surface area contributed by atoms with Crippen molar-refractivity contribution in [3.05, 3.63) is 120 Å². The van der Waals surface area contributed by atoms with Crippen LogP contribution >= 0.6 is 0 Å². The van der Waals surface area contributed by atoms with Crippen molar-refractivity contribution in [1.29, 1.82) is 26.3 Å². The Morgan fingerprint density at radius 2 is 0.800 bits per heavy atom. The molecule has 250 valence electrons. The fraction of sp³-hybridized carbons (Fsp3) is 0.0645. The van der Waals surface area contributed by atoms with Crippen LogP contribution in [-0.2, 0) is 12.4 Å². The molecule has 0 amide bonds. The molecule has 0 saturated heterocycles. The first-order valence-corrected chi connectivity index (χ1v) is 12.5. The number of allylic oxidation sites excluding steroid dienone is 6. The molecule has 50 heavy (non-hydrogen) atoms. The van der Waals surface area contributed by atoms with Gasteiger partial charge in [-0.15, -0.1) is 0 Å². The molecule has 0 aromatic heterocycles. The molecule has 0 radical (unpaired) electrons. The highest BCUT2D eigenvalue weighted by atomic mass is 19.4. The number of alkyl halides is 6. The van der Waals surface area contributed by atoms with Crippen LogP contribution in [0.3, 0.4) is 0 Å². The molecule has 3 aromatic carbocycles. The summed E-state index contributed by atoms with van der Waals surface area (Å²) in [6.45, 7) is 0. The summed E-state index contributed by atoms with van der Waals surface area (Å²) in [5.74, 6) is -24.2. The van der Waals surface area contributed by atoms with Crippen molar-refractivity contribution in [1.82, 2.24) is 0 Å². The molecule has 0 unspecified atom stereocenters. The van der Waals surface area contributed by atoms with Gasteiger partial charge in [-0.25, -0.2) is 35.1 Å². The maximum Gasteiger partial charge on any atom is 0.422 e. The van der Waals surface area contributed by atoms with Crippen LogP contribution in [0.25, 0.3) is 16.7 Å². The molecule has 0 bridgehead atoms. The molecule has 0 spiro atoms. The van der Waals surface area contributed by atoms with Crippen molar-refractivity contribution >= 4 is 16.7 Å². The zero-order valence-electron chi connectivity index (χ0n) is 23.3. The van der Waals surface area contributed by atoms with Gasteiger partial charge in [0.05, 0.1) is 51.1 Å². The van der Waals surface area contributed by atoms with Crippen molar-refractivity contribution in [3.8, 4) is 30.3 Å². The zero-order valence-corrected chi connectivity index (χ0v) is 23.3. The van der Waals surface area contributed by atoms with Gasteiger partial charge in [0.25, 0.3) is 0 Å². The Kier molecular flexibility index (Phi) is 8.99. The summed E-state index contributed by atoms with van der Waals surface area (Å²) < 4.78 is 198. The van der Waals surface area contributed by atoms with Gasteiger partial charge < -0.3 is 0 Å². The van der Waals surface area contributed by atoms with Crippen LogP contribution in [0.4, 0.5) is 61.5 Å². The van der Waals surface area contributed by atoms with Gasteiger partial charge in [0.15, 0.2) is 46.5 Å². The van der Waals surface area contributed by atoms with Crippen molar-refractivity contribution in [3.63, 3.8) is 0 Å². The molecule has 1 saturated carbocycles. The van der Waals surface area contributed by atoms with Crippen LogP contribution in [0.5, 0.6) is 0 Å². The average Bonchev–Trinajstić information content (AvgIpc) is 3.75. The van der Waals surface area contributed by atoms with Gasteiger partial charge in [-0.3, -0.25) is 0 Å². The SMILES string of the molecule is N#CC(=C1C(=C(C#N)c2c(F)c(F)c(C(F)(F)F)c(F)c2F)C1=C(C#N)c1c(F)c(F)c(C(F)(F)F)c(F)c1F)c1cc(C#N)ccc1C#N. The standard InChI is InChI=1S/C31H3F14N5/c32-22-18(23(33)27(37)20(26(22)36)30(40,41)42)13(7-49)16-15(12(6-48)11-3-9(4-46)1-2-10(11)5-47)17(16)14(8-50)19-24(34)28(38)21(31(43,44)45)29(39)25(19)35/h1-3H. The lowest BCUT2D eigenvalue weighted by Crippen LogP contribution is -2.17. The summed E-state index contributed by atoms with van der Waals surface area (Å²) in [4.78, 5) is 0. The second kappa shape index (κ2) is 12.4. The molecule has 1 aliphatic rings. The van der Waals surface area contributed by atoms with Crippen molar-refractivity contribution in [2.45, 2.75) is 12.4 Å². The summed E-state index contributed by atoms with van der Waals surface area (Å²) in [6.07, 6.45) is -12.2. The molecule has 0 heterocycles. The van der Waals surface area contributed by atoms with Crippen LogP contribution in [0, 0.1) is 103 Å². The Balaban J connectivity index is 2.34. The number of nitrogens with zero attached hydrogens (tertiary/aromatic N) is 5. The van der Waals surface area contributed by atoms with E-state index >= 15 is 17.6 Å². The van der Waals surface area contributed by atoms with E-state index in [1.54, 1.807) is 6.07 Å². The zero-order chi connectivity index (χ0) is 37.8.